The molecule has 1 unspecified atom stereocenters. The molecule has 0 aliphatic carbocycles. The zero-order valence-corrected chi connectivity index (χ0v) is 15.0. The van der Waals surface area contributed by atoms with Crippen molar-refractivity contribution in [3.8, 4) is 0 Å². The van der Waals surface area contributed by atoms with Gasteiger partial charge in [-0.15, -0.1) is 24.8 Å². The molecule has 1 aromatic carbocycles. The molecule has 1 fully saturated rings. The van der Waals surface area contributed by atoms with Gasteiger partial charge in [-0.05, 0) is 32.0 Å². The molecule has 0 radical (unpaired) electrons. The molecule has 1 saturated heterocycles. The fourth-order valence-corrected chi connectivity index (χ4v) is 2.76. The van der Waals surface area contributed by atoms with E-state index < -0.39 is 0 Å². The maximum Gasteiger partial charge on any atom is 0.239 e. The molecule has 1 heterocycles. The first-order valence-electron chi connectivity index (χ1n) is 7.40. The van der Waals surface area contributed by atoms with Gasteiger partial charge in [0.25, 0.3) is 0 Å². The number of halogens is 2. The van der Waals surface area contributed by atoms with Crippen molar-refractivity contribution in [3.05, 3.63) is 35.9 Å². The molecule has 0 spiro atoms. The van der Waals surface area contributed by atoms with E-state index in [0.717, 1.165) is 39.0 Å². The minimum atomic E-state index is 0. The zero-order chi connectivity index (χ0) is 14.4. The van der Waals surface area contributed by atoms with Gasteiger partial charge in [0, 0.05) is 26.7 Å². The minimum Gasteiger partial charge on any atom is -0.343 e. The number of carbonyl (C=O) groups excluding carboxylic acids is 1. The molecule has 1 amide bonds. The standard InChI is InChI=1S/C16H25N3O.2ClH/c1-17-10-12-18(2)16(20)15-9-6-11-19(15)13-14-7-4-3-5-8-14;;/h3-5,7-8,15,17H,6,9-13H2,1-2H3;2*1H. The Hall–Kier alpha value is -0.810. The van der Waals surface area contributed by atoms with Gasteiger partial charge in [0.1, 0.15) is 0 Å². The molecule has 4 nitrogen and oxygen atoms in total. The predicted molar refractivity (Wildman–Crippen MR) is 95.9 cm³/mol. The summed E-state index contributed by atoms with van der Waals surface area (Å²) in [5, 5.41) is 3.09. The molecule has 1 atom stereocenters. The number of hydrogen-bond donors (Lipinski definition) is 1. The Morgan fingerprint density at radius 3 is 2.64 bits per heavy atom. The van der Waals surface area contributed by atoms with Crippen molar-refractivity contribution in [1.82, 2.24) is 15.1 Å². The summed E-state index contributed by atoms with van der Waals surface area (Å²) in [7, 11) is 3.81. The lowest BCUT2D eigenvalue weighted by atomic mass is 10.1. The summed E-state index contributed by atoms with van der Waals surface area (Å²) in [6, 6.07) is 10.5. The van der Waals surface area contributed by atoms with E-state index in [1.807, 2.05) is 25.1 Å². The van der Waals surface area contributed by atoms with Gasteiger partial charge in [-0.2, -0.15) is 0 Å². The molecule has 2 rings (SSSR count). The van der Waals surface area contributed by atoms with E-state index in [0.29, 0.717) is 0 Å². The molecule has 6 heteroatoms. The van der Waals surface area contributed by atoms with E-state index in [-0.39, 0.29) is 36.8 Å². The number of carbonyl (C=O) groups is 1. The Morgan fingerprint density at radius 2 is 2.00 bits per heavy atom. The smallest absolute Gasteiger partial charge is 0.239 e. The first-order chi connectivity index (χ1) is 9.72. The van der Waals surface area contributed by atoms with Crippen molar-refractivity contribution in [1.29, 1.82) is 0 Å². The lowest BCUT2D eigenvalue weighted by molar-refractivity contribution is -0.134. The number of likely N-dealkylation sites (N-methyl/N-ethyl adjacent to an activating group) is 2. The van der Waals surface area contributed by atoms with Crippen LogP contribution in [-0.4, -0.2) is 55.5 Å². The fourth-order valence-electron chi connectivity index (χ4n) is 2.76. The largest absolute Gasteiger partial charge is 0.343 e. The van der Waals surface area contributed by atoms with Gasteiger partial charge in [0.05, 0.1) is 6.04 Å². The van der Waals surface area contributed by atoms with Crippen LogP contribution in [0.5, 0.6) is 0 Å². The highest BCUT2D eigenvalue weighted by atomic mass is 35.5. The van der Waals surface area contributed by atoms with Crippen LogP contribution in [0.2, 0.25) is 0 Å². The van der Waals surface area contributed by atoms with E-state index in [2.05, 4.69) is 34.5 Å². The predicted octanol–water partition coefficient (Wildman–Crippen LogP) is 2.17. The van der Waals surface area contributed by atoms with Crippen molar-refractivity contribution in [2.45, 2.75) is 25.4 Å². The van der Waals surface area contributed by atoms with Gasteiger partial charge in [-0.3, -0.25) is 9.69 Å². The Kier molecular flexibility index (Phi) is 10.4. The second-order valence-corrected chi connectivity index (χ2v) is 5.48. The topological polar surface area (TPSA) is 35.6 Å². The number of amides is 1. The molecule has 1 aromatic rings. The summed E-state index contributed by atoms with van der Waals surface area (Å²) in [5.41, 5.74) is 1.28. The van der Waals surface area contributed by atoms with Crippen LogP contribution in [0, 0.1) is 0 Å². The molecule has 1 aliphatic heterocycles. The second kappa shape index (κ2) is 10.8. The number of benzene rings is 1. The molecule has 1 N–H and O–H groups in total. The summed E-state index contributed by atoms with van der Waals surface area (Å²) in [4.78, 5) is 16.7. The van der Waals surface area contributed by atoms with Gasteiger partial charge in [0.2, 0.25) is 5.91 Å². The van der Waals surface area contributed by atoms with E-state index in [1.54, 1.807) is 0 Å². The summed E-state index contributed by atoms with van der Waals surface area (Å²) in [5.74, 6) is 0.258. The molecule has 0 bridgehead atoms. The van der Waals surface area contributed by atoms with Crippen molar-refractivity contribution in [3.63, 3.8) is 0 Å². The first-order valence-corrected chi connectivity index (χ1v) is 7.40. The van der Waals surface area contributed by atoms with Crippen LogP contribution < -0.4 is 5.32 Å². The molecule has 0 saturated carbocycles. The highest BCUT2D eigenvalue weighted by molar-refractivity contribution is 5.85. The number of rotatable bonds is 6. The SMILES string of the molecule is CNCCN(C)C(=O)C1CCCN1Cc1ccccc1.Cl.Cl. The number of nitrogens with one attached hydrogen (secondary N) is 1. The highest BCUT2D eigenvalue weighted by Crippen LogP contribution is 2.21. The normalized spacial score (nSPS) is 17.5. The lowest BCUT2D eigenvalue weighted by Gasteiger charge is -2.28. The summed E-state index contributed by atoms with van der Waals surface area (Å²) < 4.78 is 0. The summed E-state index contributed by atoms with van der Waals surface area (Å²) >= 11 is 0. The minimum absolute atomic E-state index is 0. The monoisotopic (exact) mass is 347 g/mol. The van der Waals surface area contributed by atoms with Crippen LogP contribution >= 0.6 is 24.8 Å². The maximum atomic E-state index is 12.5. The third kappa shape index (κ3) is 5.76. The van der Waals surface area contributed by atoms with Crippen molar-refractivity contribution >= 4 is 30.7 Å². The van der Waals surface area contributed by atoms with Crippen LogP contribution in [0.3, 0.4) is 0 Å². The number of likely N-dealkylation sites (tertiary alicyclic amines) is 1. The molecule has 0 aromatic heterocycles. The van der Waals surface area contributed by atoms with Crippen LogP contribution in [0.1, 0.15) is 18.4 Å². The lowest BCUT2D eigenvalue weighted by Crippen LogP contribution is -2.45. The Labute approximate surface area is 146 Å². The summed E-state index contributed by atoms with van der Waals surface area (Å²) in [6.07, 6.45) is 2.10. The van der Waals surface area contributed by atoms with Crippen LogP contribution in [0.15, 0.2) is 30.3 Å². The van der Waals surface area contributed by atoms with Gasteiger partial charge >= 0.3 is 0 Å². The second-order valence-electron chi connectivity index (χ2n) is 5.48. The molecule has 1 aliphatic rings. The summed E-state index contributed by atoms with van der Waals surface area (Å²) in [6.45, 7) is 3.50. The van der Waals surface area contributed by atoms with Crippen molar-refractivity contribution in [2.75, 3.05) is 33.7 Å². The quantitative estimate of drug-likeness (QED) is 0.856. The van der Waals surface area contributed by atoms with Crippen molar-refractivity contribution in [2.24, 2.45) is 0 Å². The third-order valence-electron chi connectivity index (χ3n) is 3.95. The van der Waals surface area contributed by atoms with Crippen molar-refractivity contribution < 1.29 is 4.79 Å². The van der Waals surface area contributed by atoms with Gasteiger partial charge in [0.15, 0.2) is 0 Å². The molecular weight excluding hydrogens is 321 g/mol. The molecule has 22 heavy (non-hydrogen) atoms. The first kappa shape index (κ1) is 21.2. The van der Waals surface area contributed by atoms with E-state index >= 15 is 0 Å². The highest BCUT2D eigenvalue weighted by Gasteiger charge is 2.32. The van der Waals surface area contributed by atoms with E-state index in [4.69, 9.17) is 0 Å². The number of nitrogens with zero attached hydrogens (tertiary/aromatic N) is 2. The van der Waals surface area contributed by atoms with Crippen LogP contribution in [-0.2, 0) is 11.3 Å². The molecule has 126 valence electrons. The average Bonchev–Trinajstić information content (AvgIpc) is 2.93. The molecular formula is C16H27Cl2N3O. The van der Waals surface area contributed by atoms with Gasteiger partial charge < -0.3 is 10.2 Å². The Morgan fingerprint density at radius 1 is 1.32 bits per heavy atom. The maximum absolute atomic E-state index is 12.5. The third-order valence-corrected chi connectivity index (χ3v) is 3.95. The zero-order valence-electron chi connectivity index (χ0n) is 13.3. The van der Waals surface area contributed by atoms with E-state index in [1.165, 1.54) is 5.56 Å². The van der Waals surface area contributed by atoms with E-state index in [9.17, 15) is 4.79 Å². The van der Waals surface area contributed by atoms with Crippen LogP contribution in [0.25, 0.3) is 0 Å². The van der Waals surface area contributed by atoms with Crippen LogP contribution in [0.4, 0.5) is 0 Å². The number of hydrogen-bond acceptors (Lipinski definition) is 3. The van der Waals surface area contributed by atoms with Gasteiger partial charge in [-0.25, -0.2) is 0 Å². The Balaban J connectivity index is 0.00000220. The average molecular weight is 348 g/mol. The fraction of sp³-hybridized carbons (Fsp3) is 0.562. The van der Waals surface area contributed by atoms with Gasteiger partial charge in [-0.1, -0.05) is 30.3 Å². The Bertz CT molecular complexity index is 431.